The molecule has 2 aromatic carbocycles. The third-order valence-corrected chi connectivity index (χ3v) is 7.06. The molecule has 1 aliphatic carbocycles. The van der Waals surface area contributed by atoms with Crippen molar-refractivity contribution in [1.82, 2.24) is 4.57 Å². The molecular weight excluding hydrogens is 487 g/mol. The summed E-state index contributed by atoms with van der Waals surface area (Å²) < 4.78 is 1.59. The molecule has 0 spiro atoms. The normalized spacial score (nSPS) is 13.9. The molecule has 35 heavy (non-hydrogen) atoms. The third-order valence-electron chi connectivity index (χ3n) is 6.32. The number of carbonyl (C=O) groups is 2. The van der Waals surface area contributed by atoms with Crippen molar-refractivity contribution in [3.05, 3.63) is 70.5 Å². The van der Waals surface area contributed by atoms with E-state index in [0.29, 0.717) is 33.1 Å². The summed E-state index contributed by atoms with van der Waals surface area (Å²) in [5, 5.41) is 16.1. The number of carboxylic acids is 1. The van der Waals surface area contributed by atoms with E-state index >= 15 is 0 Å². The quantitative estimate of drug-likeness (QED) is 0.309. The van der Waals surface area contributed by atoms with Crippen LogP contribution in [-0.4, -0.2) is 34.3 Å². The van der Waals surface area contributed by atoms with Gasteiger partial charge in [-0.25, -0.2) is 9.59 Å². The van der Waals surface area contributed by atoms with E-state index in [1.54, 1.807) is 41.1 Å². The Morgan fingerprint density at radius 3 is 2.49 bits per heavy atom. The fourth-order valence-corrected chi connectivity index (χ4v) is 4.98. The summed E-state index contributed by atoms with van der Waals surface area (Å²) in [6.07, 6.45) is 7.51. The van der Waals surface area contributed by atoms with Crippen LogP contribution in [0.15, 0.2) is 54.7 Å². The van der Waals surface area contributed by atoms with E-state index in [1.165, 1.54) is 19.3 Å². The molecule has 2 amide bonds. The highest BCUT2D eigenvalue weighted by Gasteiger charge is 2.23. The van der Waals surface area contributed by atoms with Crippen LogP contribution in [-0.2, 0) is 0 Å². The van der Waals surface area contributed by atoms with Crippen LogP contribution in [0.5, 0.6) is 0 Å². The number of nitrogens with one attached hydrogen (secondary N) is 2. The lowest BCUT2D eigenvalue weighted by molar-refractivity contribution is 0.0688. The second-order valence-corrected chi connectivity index (χ2v) is 9.37. The van der Waals surface area contributed by atoms with Gasteiger partial charge in [-0.15, -0.1) is 0 Å². The van der Waals surface area contributed by atoms with E-state index in [0.717, 1.165) is 25.1 Å². The molecule has 1 aromatic heterocycles. The number of carbonyl (C=O) groups excluding carboxylic acids is 1. The molecule has 3 aromatic rings. The van der Waals surface area contributed by atoms with Crippen molar-refractivity contribution in [3.63, 3.8) is 0 Å². The minimum atomic E-state index is -1.02. The Hall–Kier alpha value is -3.16. The average molecular weight is 515 g/mol. The lowest BCUT2D eigenvalue weighted by atomic mass is 9.93. The Kier molecular flexibility index (Phi) is 7.88. The number of hydrogen-bond acceptors (Lipinski definition) is 3. The Morgan fingerprint density at radius 1 is 1.03 bits per heavy atom. The third kappa shape index (κ3) is 5.74. The van der Waals surface area contributed by atoms with Crippen LogP contribution >= 0.6 is 23.2 Å². The summed E-state index contributed by atoms with van der Waals surface area (Å²) in [5.41, 5.74) is 2.78. The zero-order valence-electron chi connectivity index (χ0n) is 19.4. The maximum Gasteiger partial charge on any atom is 0.352 e. The van der Waals surface area contributed by atoms with Crippen LogP contribution in [0.2, 0.25) is 10.0 Å². The Morgan fingerprint density at radius 2 is 1.80 bits per heavy atom. The fraction of sp³-hybridized carbons (Fsp3) is 0.308. The minimum Gasteiger partial charge on any atom is -0.477 e. The molecule has 0 radical (unpaired) electrons. The Labute approximate surface area is 214 Å². The van der Waals surface area contributed by atoms with Gasteiger partial charge in [0.05, 0.1) is 21.4 Å². The Bertz CT molecular complexity index is 1220. The van der Waals surface area contributed by atoms with E-state index in [2.05, 4.69) is 22.5 Å². The van der Waals surface area contributed by atoms with Gasteiger partial charge in [-0.05, 0) is 68.3 Å². The molecule has 4 rings (SSSR count). The van der Waals surface area contributed by atoms with Crippen LogP contribution in [0.25, 0.3) is 5.69 Å². The highest BCUT2D eigenvalue weighted by molar-refractivity contribution is 6.42. The maximum absolute atomic E-state index is 13.0. The molecule has 9 heteroatoms. The molecule has 1 saturated carbocycles. The van der Waals surface area contributed by atoms with Crippen molar-refractivity contribution in [2.75, 3.05) is 22.1 Å². The second-order valence-electron chi connectivity index (χ2n) is 8.56. The molecule has 0 unspecified atom stereocenters. The first-order valence-electron chi connectivity index (χ1n) is 11.7. The van der Waals surface area contributed by atoms with E-state index < -0.39 is 12.0 Å². The van der Waals surface area contributed by atoms with Crippen molar-refractivity contribution < 1.29 is 14.7 Å². The van der Waals surface area contributed by atoms with Crippen LogP contribution in [0, 0.1) is 0 Å². The number of aromatic nitrogens is 1. The molecule has 1 heterocycles. The van der Waals surface area contributed by atoms with Crippen LogP contribution in [0.1, 0.15) is 49.5 Å². The predicted octanol–water partition coefficient (Wildman–Crippen LogP) is 7.29. The maximum atomic E-state index is 13.0. The predicted molar refractivity (Wildman–Crippen MR) is 142 cm³/mol. The van der Waals surface area contributed by atoms with Gasteiger partial charge in [0, 0.05) is 30.2 Å². The molecule has 3 N–H and O–H groups in total. The van der Waals surface area contributed by atoms with Crippen molar-refractivity contribution in [3.8, 4) is 5.69 Å². The van der Waals surface area contributed by atoms with Crippen molar-refractivity contribution in [1.29, 1.82) is 0 Å². The SMILES string of the molecule is CCN(c1ccc(-n2cccc2C(=O)O)cc1NC(=O)Nc1ccc(Cl)c(Cl)c1)C1CCCCC1. The number of nitrogens with zero attached hydrogens (tertiary/aromatic N) is 2. The van der Waals surface area contributed by atoms with Gasteiger partial charge < -0.3 is 25.2 Å². The van der Waals surface area contributed by atoms with Gasteiger partial charge in [-0.1, -0.05) is 42.5 Å². The standard InChI is InChI=1S/C26H28Cl2N4O3/c1-2-31(18-7-4-3-5-8-18)23-13-11-19(32-14-6-9-24(32)25(33)34)16-22(23)30-26(35)29-17-10-12-20(27)21(28)15-17/h6,9-16,18H,2-5,7-8H2,1H3,(H,33,34)(H2,29,30,35). The van der Waals surface area contributed by atoms with Crippen molar-refractivity contribution in [2.45, 2.75) is 45.1 Å². The second kappa shape index (κ2) is 11.1. The first-order chi connectivity index (χ1) is 16.9. The molecule has 0 aliphatic heterocycles. The van der Waals surface area contributed by atoms with Crippen molar-refractivity contribution >= 4 is 52.3 Å². The van der Waals surface area contributed by atoms with Gasteiger partial charge >= 0.3 is 12.0 Å². The topological polar surface area (TPSA) is 86.6 Å². The highest BCUT2D eigenvalue weighted by atomic mass is 35.5. The molecule has 0 bridgehead atoms. The molecule has 0 atom stereocenters. The molecule has 7 nitrogen and oxygen atoms in total. The van der Waals surface area contributed by atoms with Crippen LogP contribution in [0.4, 0.5) is 21.9 Å². The largest absolute Gasteiger partial charge is 0.477 e. The lowest BCUT2D eigenvalue weighted by Gasteiger charge is -2.36. The number of anilines is 3. The zero-order valence-corrected chi connectivity index (χ0v) is 20.9. The average Bonchev–Trinajstić information content (AvgIpc) is 3.34. The van der Waals surface area contributed by atoms with E-state index in [1.807, 2.05) is 18.2 Å². The fourth-order valence-electron chi connectivity index (χ4n) is 4.68. The van der Waals surface area contributed by atoms with Gasteiger partial charge in [-0.2, -0.15) is 0 Å². The molecule has 1 aliphatic rings. The summed E-state index contributed by atoms with van der Waals surface area (Å²) in [6.45, 7) is 2.90. The summed E-state index contributed by atoms with van der Waals surface area (Å²) >= 11 is 12.1. The molecular formula is C26H28Cl2N4O3. The molecule has 184 valence electrons. The van der Waals surface area contributed by atoms with Gasteiger partial charge in [0.25, 0.3) is 0 Å². The number of amides is 2. The number of carboxylic acid groups (broad SMARTS) is 1. The number of benzene rings is 2. The van der Waals surface area contributed by atoms with Gasteiger partial charge in [-0.3, -0.25) is 0 Å². The van der Waals surface area contributed by atoms with Crippen LogP contribution in [0.3, 0.4) is 0 Å². The number of aromatic carboxylic acids is 1. The van der Waals surface area contributed by atoms with Gasteiger partial charge in [0.1, 0.15) is 5.69 Å². The summed E-state index contributed by atoms with van der Waals surface area (Å²) in [4.78, 5) is 27.0. The van der Waals surface area contributed by atoms with Gasteiger partial charge in [0.2, 0.25) is 0 Å². The molecule has 0 saturated heterocycles. The van der Waals surface area contributed by atoms with Crippen molar-refractivity contribution in [2.24, 2.45) is 0 Å². The first kappa shape index (κ1) is 24.9. The number of halogens is 2. The van der Waals surface area contributed by atoms with Crippen LogP contribution < -0.4 is 15.5 Å². The van der Waals surface area contributed by atoms with E-state index in [4.69, 9.17) is 23.2 Å². The minimum absolute atomic E-state index is 0.142. The summed E-state index contributed by atoms with van der Waals surface area (Å²) in [7, 11) is 0. The number of rotatable bonds is 7. The smallest absolute Gasteiger partial charge is 0.352 e. The van der Waals surface area contributed by atoms with Gasteiger partial charge in [0.15, 0.2) is 0 Å². The summed E-state index contributed by atoms with van der Waals surface area (Å²) in [5.74, 6) is -1.02. The number of hydrogen-bond donors (Lipinski definition) is 3. The molecule has 1 fully saturated rings. The lowest BCUT2D eigenvalue weighted by Crippen LogP contribution is -2.37. The first-order valence-corrected chi connectivity index (χ1v) is 12.5. The summed E-state index contributed by atoms with van der Waals surface area (Å²) in [6, 6.07) is 13.7. The monoisotopic (exact) mass is 514 g/mol. The Balaban J connectivity index is 1.68. The number of urea groups is 1. The zero-order chi connectivity index (χ0) is 24.9. The van der Waals surface area contributed by atoms with E-state index in [-0.39, 0.29) is 5.69 Å². The van der Waals surface area contributed by atoms with E-state index in [9.17, 15) is 14.7 Å². The highest BCUT2D eigenvalue weighted by Crippen LogP contribution is 2.34.